The highest BCUT2D eigenvalue weighted by atomic mass is 19.4. The van der Waals surface area contributed by atoms with Gasteiger partial charge in [-0.3, -0.25) is 4.79 Å². The zero-order chi connectivity index (χ0) is 24.2. The first-order valence-electron chi connectivity index (χ1n) is 10.1. The van der Waals surface area contributed by atoms with E-state index in [0.717, 1.165) is 12.8 Å². The molecule has 0 unspecified atom stereocenters. The maximum absolute atomic E-state index is 13.1. The number of carbonyl (C=O) groups is 2. The van der Waals surface area contributed by atoms with E-state index in [9.17, 15) is 22.4 Å². The minimum atomic E-state index is -5.08. The summed E-state index contributed by atoms with van der Waals surface area (Å²) in [5.41, 5.74) is 0.396. The molecule has 2 aliphatic rings. The first kappa shape index (κ1) is 24.4. The van der Waals surface area contributed by atoms with Crippen molar-refractivity contribution in [3.8, 4) is 0 Å². The number of hydrogen-bond acceptors (Lipinski definition) is 6. The monoisotopic (exact) mass is 473 g/mol. The number of nitrogens with zero attached hydrogens (tertiary/aromatic N) is 5. The maximum atomic E-state index is 13.1. The van der Waals surface area contributed by atoms with Crippen LogP contribution in [0.3, 0.4) is 0 Å². The highest BCUT2D eigenvalue weighted by Gasteiger charge is 2.41. The van der Waals surface area contributed by atoms with Crippen LogP contribution in [-0.4, -0.2) is 81.0 Å². The van der Waals surface area contributed by atoms with Crippen molar-refractivity contribution in [1.82, 2.24) is 19.4 Å². The van der Waals surface area contributed by atoms with Crippen LogP contribution in [0, 0.1) is 5.82 Å². The van der Waals surface area contributed by atoms with Crippen LogP contribution in [0.2, 0.25) is 0 Å². The smallest absolute Gasteiger partial charge is 0.475 e. The minimum Gasteiger partial charge on any atom is -0.475 e. The molecule has 4 rings (SSSR count). The van der Waals surface area contributed by atoms with Gasteiger partial charge in [0.15, 0.2) is 5.82 Å². The lowest BCUT2D eigenvalue weighted by Crippen LogP contribution is -2.58. The Kier molecular flexibility index (Phi) is 7.20. The molecule has 0 atom stereocenters. The van der Waals surface area contributed by atoms with E-state index in [1.165, 1.54) is 12.4 Å². The lowest BCUT2D eigenvalue weighted by atomic mass is 9.89. The van der Waals surface area contributed by atoms with Gasteiger partial charge in [0, 0.05) is 32.9 Å². The van der Waals surface area contributed by atoms with Crippen molar-refractivity contribution in [2.75, 3.05) is 37.7 Å². The van der Waals surface area contributed by atoms with E-state index >= 15 is 0 Å². The molecule has 1 N–H and O–H groups in total. The van der Waals surface area contributed by atoms with Crippen molar-refractivity contribution < 1.29 is 37.0 Å². The first-order chi connectivity index (χ1) is 15.5. The molecule has 2 aliphatic heterocycles. The molecule has 2 aromatic heterocycles. The second kappa shape index (κ2) is 9.73. The summed E-state index contributed by atoms with van der Waals surface area (Å²) in [6.45, 7) is 3.22. The number of rotatable bonds is 2. The Bertz CT molecular complexity index is 972. The number of piperidine rings is 1. The van der Waals surface area contributed by atoms with Crippen molar-refractivity contribution in [1.29, 1.82) is 0 Å². The number of hydrogen-bond donors (Lipinski definition) is 1. The van der Waals surface area contributed by atoms with Gasteiger partial charge in [0.2, 0.25) is 5.95 Å². The Labute approximate surface area is 186 Å². The number of likely N-dealkylation sites (tertiary alicyclic amines) is 1. The Morgan fingerprint density at radius 1 is 1.15 bits per heavy atom. The third kappa shape index (κ3) is 5.97. The van der Waals surface area contributed by atoms with Gasteiger partial charge in [-0.25, -0.2) is 19.2 Å². The van der Waals surface area contributed by atoms with Crippen LogP contribution < -0.4 is 4.90 Å². The summed E-state index contributed by atoms with van der Waals surface area (Å²) in [5.74, 6) is -2.62. The zero-order valence-corrected chi connectivity index (χ0v) is 17.8. The average Bonchev–Trinajstić information content (AvgIpc) is 3.20. The average molecular weight is 473 g/mol. The Balaban J connectivity index is 0.000000383. The number of morpholine rings is 1. The number of aromatic nitrogens is 3. The Morgan fingerprint density at radius 3 is 2.27 bits per heavy atom. The van der Waals surface area contributed by atoms with Gasteiger partial charge in [-0.05, 0) is 25.0 Å². The summed E-state index contributed by atoms with van der Waals surface area (Å²) in [4.78, 5) is 33.7. The van der Waals surface area contributed by atoms with Gasteiger partial charge < -0.3 is 24.2 Å². The Hall–Kier alpha value is -3.22. The van der Waals surface area contributed by atoms with E-state index in [1.807, 2.05) is 39.7 Å². The maximum Gasteiger partial charge on any atom is 0.490 e. The van der Waals surface area contributed by atoms with Crippen LogP contribution in [0.4, 0.5) is 23.5 Å². The van der Waals surface area contributed by atoms with Crippen molar-refractivity contribution >= 4 is 17.8 Å². The van der Waals surface area contributed by atoms with E-state index in [4.69, 9.17) is 14.6 Å². The van der Waals surface area contributed by atoms with E-state index in [1.54, 1.807) is 0 Å². The predicted molar refractivity (Wildman–Crippen MR) is 107 cm³/mol. The largest absolute Gasteiger partial charge is 0.490 e. The van der Waals surface area contributed by atoms with E-state index in [2.05, 4.69) is 9.97 Å². The predicted octanol–water partition coefficient (Wildman–Crippen LogP) is 2.10. The zero-order valence-electron chi connectivity index (χ0n) is 17.8. The number of carbonyl (C=O) groups excluding carboxylic acids is 1. The molecule has 33 heavy (non-hydrogen) atoms. The third-order valence-electron chi connectivity index (χ3n) is 5.51. The lowest BCUT2D eigenvalue weighted by Gasteiger charge is -2.47. The van der Waals surface area contributed by atoms with Crippen LogP contribution in [0.1, 0.15) is 23.3 Å². The molecular weight excluding hydrogens is 450 g/mol. The number of halogens is 4. The van der Waals surface area contributed by atoms with Crippen molar-refractivity contribution in [2.24, 2.45) is 7.05 Å². The topological polar surface area (TPSA) is 101 Å². The van der Waals surface area contributed by atoms with Gasteiger partial charge in [-0.2, -0.15) is 13.2 Å². The number of alkyl halides is 3. The van der Waals surface area contributed by atoms with E-state index in [0.29, 0.717) is 44.4 Å². The van der Waals surface area contributed by atoms with Crippen molar-refractivity contribution in [2.45, 2.75) is 24.6 Å². The SMILES string of the molecule is Cn1cccc1C(=O)N1CCC2(CC1)CN(c1ncc(F)cn1)CCO2.O=C(O)C(F)(F)F. The molecule has 0 saturated carbocycles. The second-order valence-electron chi connectivity index (χ2n) is 7.75. The molecule has 0 aliphatic carbocycles. The van der Waals surface area contributed by atoms with Crippen LogP contribution in [0.15, 0.2) is 30.7 Å². The fraction of sp³-hybridized carbons (Fsp3) is 0.500. The lowest BCUT2D eigenvalue weighted by molar-refractivity contribution is -0.192. The fourth-order valence-corrected chi connectivity index (χ4v) is 3.75. The number of aliphatic carboxylic acids is 1. The summed E-state index contributed by atoms with van der Waals surface area (Å²) in [5, 5.41) is 7.12. The molecular formula is C20H23F4N5O4. The molecule has 4 heterocycles. The number of anilines is 1. The fourth-order valence-electron chi connectivity index (χ4n) is 3.75. The molecule has 2 aromatic rings. The second-order valence-corrected chi connectivity index (χ2v) is 7.75. The molecule has 9 nitrogen and oxygen atoms in total. The van der Waals surface area contributed by atoms with Gasteiger partial charge in [0.1, 0.15) is 5.69 Å². The van der Waals surface area contributed by atoms with E-state index in [-0.39, 0.29) is 11.5 Å². The summed E-state index contributed by atoms with van der Waals surface area (Å²) < 4.78 is 52.7. The molecule has 0 radical (unpaired) electrons. The van der Waals surface area contributed by atoms with Gasteiger partial charge in [0.05, 0.1) is 31.1 Å². The molecule has 2 saturated heterocycles. The summed E-state index contributed by atoms with van der Waals surface area (Å²) in [6.07, 6.45) is 0.697. The van der Waals surface area contributed by atoms with Crippen molar-refractivity contribution in [3.63, 3.8) is 0 Å². The Morgan fingerprint density at radius 2 is 1.76 bits per heavy atom. The molecule has 13 heteroatoms. The number of carboxylic acids is 1. The van der Waals surface area contributed by atoms with Gasteiger partial charge >= 0.3 is 12.1 Å². The highest BCUT2D eigenvalue weighted by molar-refractivity contribution is 5.92. The van der Waals surface area contributed by atoms with E-state index < -0.39 is 18.0 Å². The first-order valence-corrected chi connectivity index (χ1v) is 10.1. The molecule has 0 bridgehead atoms. The quantitative estimate of drug-likeness (QED) is 0.667. The molecule has 180 valence electrons. The summed E-state index contributed by atoms with van der Waals surface area (Å²) in [6, 6.07) is 3.72. The summed E-state index contributed by atoms with van der Waals surface area (Å²) in [7, 11) is 1.88. The highest BCUT2D eigenvalue weighted by Crippen LogP contribution is 2.31. The number of amides is 1. The standard InChI is InChI=1S/C18H22FN5O2.C2HF3O2/c1-22-6-2-3-15(22)16(25)23-7-4-18(5-8-23)13-24(9-10-26-18)17-20-11-14(19)12-21-17;3-2(4,5)1(6)7/h2-3,6,11-12H,4-5,7-10,13H2,1H3;(H,6,7). The van der Waals surface area contributed by atoms with Gasteiger partial charge in [-0.1, -0.05) is 0 Å². The number of aryl methyl sites for hydroxylation is 1. The number of ether oxygens (including phenoxy) is 1. The van der Waals surface area contributed by atoms with Crippen LogP contribution in [0.25, 0.3) is 0 Å². The van der Waals surface area contributed by atoms with Gasteiger partial charge in [-0.15, -0.1) is 0 Å². The normalized spacial score (nSPS) is 18.0. The minimum absolute atomic E-state index is 0.0573. The summed E-state index contributed by atoms with van der Waals surface area (Å²) >= 11 is 0. The third-order valence-corrected chi connectivity index (χ3v) is 5.51. The van der Waals surface area contributed by atoms with Crippen LogP contribution in [-0.2, 0) is 16.6 Å². The molecule has 2 fully saturated rings. The van der Waals surface area contributed by atoms with Gasteiger partial charge in [0.25, 0.3) is 5.91 Å². The molecule has 1 spiro atoms. The molecule has 1 amide bonds. The number of carboxylic acid groups (broad SMARTS) is 1. The van der Waals surface area contributed by atoms with Crippen LogP contribution >= 0.6 is 0 Å². The molecule has 0 aromatic carbocycles. The van der Waals surface area contributed by atoms with Crippen molar-refractivity contribution in [3.05, 3.63) is 42.2 Å². The van der Waals surface area contributed by atoms with Crippen LogP contribution in [0.5, 0.6) is 0 Å².